The van der Waals surface area contributed by atoms with E-state index < -0.39 is 0 Å². The van der Waals surface area contributed by atoms with Crippen molar-refractivity contribution in [3.05, 3.63) is 37.0 Å². The van der Waals surface area contributed by atoms with Crippen LogP contribution in [0.5, 0.6) is 0 Å². The number of cyclic esters (lactones) is 1. The highest BCUT2D eigenvalue weighted by Gasteiger charge is 2.25. The third-order valence-electron chi connectivity index (χ3n) is 2.58. The van der Waals surface area contributed by atoms with E-state index >= 15 is 0 Å². The summed E-state index contributed by atoms with van der Waals surface area (Å²) >= 11 is 0. The Morgan fingerprint density at radius 1 is 1.56 bits per heavy atom. The molecule has 0 spiro atoms. The minimum atomic E-state index is -0.354. The van der Waals surface area contributed by atoms with Crippen molar-refractivity contribution in [3.63, 3.8) is 0 Å². The summed E-state index contributed by atoms with van der Waals surface area (Å²) < 4.78 is 10.0. The molecule has 0 aliphatic carbocycles. The van der Waals surface area contributed by atoms with Crippen LogP contribution in [0.25, 0.3) is 0 Å². The predicted molar refractivity (Wildman–Crippen MR) is 67.7 cm³/mol. The molecule has 0 bridgehead atoms. The van der Waals surface area contributed by atoms with Crippen molar-refractivity contribution in [2.24, 2.45) is 5.92 Å². The zero-order chi connectivity index (χ0) is 13.4. The maximum absolute atomic E-state index is 11.7. The maximum Gasteiger partial charge on any atom is 0.312 e. The van der Waals surface area contributed by atoms with Crippen molar-refractivity contribution in [1.29, 1.82) is 0 Å². The topological polar surface area (TPSA) is 52.6 Å². The van der Waals surface area contributed by atoms with E-state index in [0.717, 1.165) is 0 Å². The summed E-state index contributed by atoms with van der Waals surface area (Å²) in [7, 11) is 0. The van der Waals surface area contributed by atoms with Gasteiger partial charge in [0, 0.05) is 6.42 Å². The molecule has 98 valence electrons. The molecule has 1 unspecified atom stereocenters. The molecule has 0 aromatic carbocycles. The largest absolute Gasteiger partial charge is 0.465 e. The highest BCUT2D eigenvalue weighted by Crippen LogP contribution is 2.16. The van der Waals surface area contributed by atoms with Gasteiger partial charge in [-0.2, -0.15) is 0 Å². The molecule has 18 heavy (non-hydrogen) atoms. The molecule has 1 saturated heterocycles. The summed E-state index contributed by atoms with van der Waals surface area (Å²) in [5.74, 6) is -0.936. The van der Waals surface area contributed by atoms with Gasteiger partial charge in [0.1, 0.15) is 13.2 Å². The average molecular weight is 250 g/mol. The van der Waals surface area contributed by atoms with Gasteiger partial charge >= 0.3 is 11.9 Å². The first-order valence-corrected chi connectivity index (χ1v) is 5.92. The fraction of sp³-hybridized carbons (Fsp3) is 0.429. The minimum Gasteiger partial charge on any atom is -0.465 e. The molecular formula is C14H18O4. The molecule has 1 atom stereocenters. The van der Waals surface area contributed by atoms with E-state index in [1.807, 2.05) is 0 Å². The second-order valence-electron chi connectivity index (χ2n) is 4.13. The van der Waals surface area contributed by atoms with Gasteiger partial charge < -0.3 is 9.47 Å². The molecular weight excluding hydrogens is 232 g/mol. The first kappa shape index (κ1) is 14.2. The lowest BCUT2D eigenvalue weighted by Crippen LogP contribution is -2.22. The highest BCUT2D eigenvalue weighted by atomic mass is 16.5. The maximum atomic E-state index is 11.7. The average Bonchev–Trinajstić information content (AvgIpc) is 2.58. The van der Waals surface area contributed by atoms with Crippen molar-refractivity contribution in [3.8, 4) is 0 Å². The Morgan fingerprint density at radius 2 is 2.33 bits per heavy atom. The molecule has 1 fully saturated rings. The SMILES string of the molecule is C=C/C=C\C(=C)COC(=O)C1CCCC(=O)OC1. The summed E-state index contributed by atoms with van der Waals surface area (Å²) in [6, 6.07) is 0. The summed E-state index contributed by atoms with van der Waals surface area (Å²) in [6.07, 6.45) is 6.74. The van der Waals surface area contributed by atoms with E-state index in [4.69, 9.17) is 9.47 Å². The molecule has 1 aliphatic rings. The molecule has 1 rings (SSSR count). The van der Waals surface area contributed by atoms with Crippen LogP contribution in [-0.2, 0) is 19.1 Å². The number of esters is 2. The lowest BCUT2D eigenvalue weighted by molar-refractivity contribution is -0.152. The van der Waals surface area contributed by atoms with Gasteiger partial charge in [-0.1, -0.05) is 31.4 Å². The second kappa shape index (κ2) is 7.48. The number of carbonyl (C=O) groups excluding carboxylic acids is 2. The molecule has 1 aliphatic heterocycles. The van der Waals surface area contributed by atoms with Crippen molar-refractivity contribution in [2.75, 3.05) is 13.2 Å². The Hall–Kier alpha value is -1.84. The van der Waals surface area contributed by atoms with E-state index in [1.165, 1.54) is 0 Å². The van der Waals surface area contributed by atoms with Gasteiger partial charge in [-0.3, -0.25) is 9.59 Å². The van der Waals surface area contributed by atoms with Crippen LogP contribution >= 0.6 is 0 Å². The van der Waals surface area contributed by atoms with Crippen molar-refractivity contribution in [1.82, 2.24) is 0 Å². The van der Waals surface area contributed by atoms with Crippen LogP contribution in [0.1, 0.15) is 19.3 Å². The lowest BCUT2D eigenvalue weighted by atomic mass is 10.0. The third kappa shape index (κ3) is 4.99. The van der Waals surface area contributed by atoms with Gasteiger partial charge in [0.25, 0.3) is 0 Å². The summed E-state index contributed by atoms with van der Waals surface area (Å²) in [4.78, 5) is 22.8. The monoisotopic (exact) mass is 250 g/mol. The van der Waals surface area contributed by atoms with E-state index in [2.05, 4.69) is 13.2 Å². The van der Waals surface area contributed by atoms with E-state index in [0.29, 0.717) is 24.8 Å². The Labute approximate surface area is 107 Å². The molecule has 0 radical (unpaired) electrons. The Bertz CT molecular complexity index is 368. The van der Waals surface area contributed by atoms with Crippen LogP contribution in [0.2, 0.25) is 0 Å². The van der Waals surface area contributed by atoms with E-state index in [-0.39, 0.29) is 31.1 Å². The van der Waals surface area contributed by atoms with Crippen molar-refractivity contribution in [2.45, 2.75) is 19.3 Å². The van der Waals surface area contributed by atoms with Crippen molar-refractivity contribution >= 4 is 11.9 Å². The van der Waals surface area contributed by atoms with Crippen LogP contribution in [0.15, 0.2) is 37.0 Å². The number of allylic oxidation sites excluding steroid dienone is 2. The first-order valence-electron chi connectivity index (χ1n) is 5.92. The fourth-order valence-corrected chi connectivity index (χ4v) is 1.56. The molecule has 0 aromatic heterocycles. The normalized spacial score (nSPS) is 20.0. The van der Waals surface area contributed by atoms with Crippen LogP contribution in [-0.4, -0.2) is 25.2 Å². The Morgan fingerprint density at radius 3 is 3.06 bits per heavy atom. The predicted octanol–water partition coefficient (Wildman–Crippen LogP) is 2.17. The highest BCUT2D eigenvalue weighted by molar-refractivity contribution is 5.75. The van der Waals surface area contributed by atoms with E-state index in [1.54, 1.807) is 18.2 Å². The van der Waals surface area contributed by atoms with Crippen LogP contribution in [0, 0.1) is 5.92 Å². The number of hydrogen-bond donors (Lipinski definition) is 0. The van der Waals surface area contributed by atoms with Gasteiger partial charge in [-0.05, 0) is 18.4 Å². The second-order valence-corrected chi connectivity index (χ2v) is 4.13. The Kier molecular flexibility index (Phi) is 5.91. The molecule has 0 N–H and O–H groups in total. The Balaban J connectivity index is 2.35. The smallest absolute Gasteiger partial charge is 0.312 e. The number of ether oxygens (including phenoxy) is 2. The molecule has 4 heteroatoms. The molecule has 4 nitrogen and oxygen atoms in total. The van der Waals surface area contributed by atoms with Crippen LogP contribution in [0.3, 0.4) is 0 Å². The number of rotatable bonds is 5. The van der Waals surface area contributed by atoms with Gasteiger partial charge in [0.2, 0.25) is 0 Å². The van der Waals surface area contributed by atoms with Gasteiger partial charge in [0.05, 0.1) is 5.92 Å². The van der Waals surface area contributed by atoms with Crippen LogP contribution < -0.4 is 0 Å². The zero-order valence-corrected chi connectivity index (χ0v) is 10.4. The van der Waals surface area contributed by atoms with E-state index in [9.17, 15) is 9.59 Å². The summed E-state index contributed by atoms with van der Waals surface area (Å²) in [5, 5.41) is 0. The molecule has 1 heterocycles. The van der Waals surface area contributed by atoms with Crippen LogP contribution in [0.4, 0.5) is 0 Å². The lowest BCUT2D eigenvalue weighted by Gasteiger charge is -2.12. The zero-order valence-electron chi connectivity index (χ0n) is 10.4. The summed E-state index contributed by atoms with van der Waals surface area (Å²) in [6.45, 7) is 7.54. The first-order chi connectivity index (χ1) is 8.63. The number of carbonyl (C=O) groups is 2. The van der Waals surface area contributed by atoms with Crippen molar-refractivity contribution < 1.29 is 19.1 Å². The molecule has 0 saturated carbocycles. The standard InChI is InChI=1S/C14H18O4/c1-3-4-6-11(2)9-18-14(16)12-7-5-8-13(15)17-10-12/h3-4,6,12H,1-2,5,7-10H2/b6-4-. The van der Waals surface area contributed by atoms with Gasteiger partial charge in [-0.25, -0.2) is 0 Å². The quantitative estimate of drug-likeness (QED) is 0.554. The summed E-state index contributed by atoms with van der Waals surface area (Å²) in [5.41, 5.74) is 0.689. The van der Waals surface area contributed by atoms with Gasteiger partial charge in [0.15, 0.2) is 0 Å². The fourth-order valence-electron chi connectivity index (χ4n) is 1.56. The minimum absolute atomic E-state index is 0.118. The van der Waals surface area contributed by atoms with Gasteiger partial charge in [-0.15, -0.1) is 0 Å². The molecule has 0 amide bonds. The molecule has 0 aromatic rings. The number of hydrogen-bond acceptors (Lipinski definition) is 4. The third-order valence-corrected chi connectivity index (χ3v) is 2.58.